The maximum atomic E-state index is 12.0. The molecule has 1 heterocycles. The Morgan fingerprint density at radius 3 is 2.68 bits per heavy atom. The third-order valence-electron chi connectivity index (χ3n) is 3.39. The average molecular weight is 296 g/mol. The zero-order valence-electron chi connectivity index (χ0n) is 12.2. The fraction of sp³-hybridized carbons (Fsp3) is 0.167. The fourth-order valence-electron chi connectivity index (χ4n) is 2.22. The number of rotatable bonds is 5. The standard InChI is InChI=1S/C18H16O4/c1-20-16-7-3-13(4-8-16)2-6-15(19)10-14-5-9-17-18(11-14)22-12-21-17/h2-9,11H,10,12H2,1H3. The first-order chi connectivity index (χ1) is 10.7. The van der Waals surface area contributed by atoms with Crippen molar-refractivity contribution in [1.29, 1.82) is 0 Å². The number of methoxy groups -OCH3 is 1. The Morgan fingerprint density at radius 2 is 1.91 bits per heavy atom. The summed E-state index contributed by atoms with van der Waals surface area (Å²) in [6.07, 6.45) is 3.73. The van der Waals surface area contributed by atoms with Crippen LogP contribution >= 0.6 is 0 Å². The lowest BCUT2D eigenvalue weighted by Gasteiger charge is -2.01. The summed E-state index contributed by atoms with van der Waals surface area (Å²) < 4.78 is 15.7. The van der Waals surface area contributed by atoms with Gasteiger partial charge in [-0.1, -0.05) is 24.3 Å². The van der Waals surface area contributed by atoms with E-state index in [1.54, 1.807) is 19.3 Å². The minimum Gasteiger partial charge on any atom is -0.497 e. The molecule has 1 aliphatic rings. The van der Waals surface area contributed by atoms with E-state index < -0.39 is 0 Å². The summed E-state index contributed by atoms with van der Waals surface area (Å²) in [4.78, 5) is 12.0. The van der Waals surface area contributed by atoms with Gasteiger partial charge in [0.2, 0.25) is 6.79 Å². The van der Waals surface area contributed by atoms with E-state index in [-0.39, 0.29) is 12.6 Å². The minimum absolute atomic E-state index is 0.0367. The Bertz CT molecular complexity index is 702. The highest BCUT2D eigenvalue weighted by molar-refractivity contribution is 5.95. The second-order valence-electron chi connectivity index (χ2n) is 4.94. The monoisotopic (exact) mass is 296 g/mol. The van der Waals surface area contributed by atoms with Crippen molar-refractivity contribution in [2.45, 2.75) is 6.42 Å². The average Bonchev–Trinajstić information content (AvgIpc) is 3.01. The number of carbonyl (C=O) groups is 1. The van der Waals surface area contributed by atoms with E-state index in [0.717, 1.165) is 22.6 Å². The SMILES string of the molecule is COc1ccc(C=CC(=O)Cc2ccc3c(c2)OCO3)cc1. The molecule has 0 saturated heterocycles. The molecule has 0 saturated carbocycles. The summed E-state index contributed by atoms with van der Waals surface area (Å²) in [5, 5.41) is 0. The van der Waals surface area contributed by atoms with Gasteiger partial charge >= 0.3 is 0 Å². The smallest absolute Gasteiger partial charge is 0.231 e. The van der Waals surface area contributed by atoms with Crippen LogP contribution in [0.2, 0.25) is 0 Å². The molecule has 0 aliphatic carbocycles. The highest BCUT2D eigenvalue weighted by atomic mass is 16.7. The van der Waals surface area contributed by atoms with Crippen LogP contribution < -0.4 is 14.2 Å². The molecular weight excluding hydrogens is 280 g/mol. The second-order valence-corrected chi connectivity index (χ2v) is 4.94. The predicted molar refractivity (Wildman–Crippen MR) is 83.3 cm³/mol. The third kappa shape index (κ3) is 3.28. The highest BCUT2D eigenvalue weighted by Crippen LogP contribution is 2.32. The van der Waals surface area contributed by atoms with Gasteiger partial charge in [0.25, 0.3) is 0 Å². The number of hydrogen-bond acceptors (Lipinski definition) is 4. The molecule has 2 aromatic rings. The van der Waals surface area contributed by atoms with E-state index in [9.17, 15) is 4.79 Å². The van der Waals surface area contributed by atoms with Crippen LogP contribution in [0, 0.1) is 0 Å². The fourth-order valence-corrected chi connectivity index (χ4v) is 2.22. The Kier molecular flexibility index (Phi) is 4.10. The third-order valence-corrected chi connectivity index (χ3v) is 3.39. The van der Waals surface area contributed by atoms with Crippen LogP contribution in [0.3, 0.4) is 0 Å². The Balaban J connectivity index is 1.63. The molecule has 4 heteroatoms. The lowest BCUT2D eigenvalue weighted by molar-refractivity contribution is -0.113. The Hall–Kier alpha value is -2.75. The summed E-state index contributed by atoms with van der Waals surface area (Å²) in [5.74, 6) is 2.26. The topological polar surface area (TPSA) is 44.8 Å². The first kappa shape index (κ1) is 14.2. The maximum Gasteiger partial charge on any atom is 0.231 e. The predicted octanol–water partition coefficient (Wildman–Crippen LogP) is 3.25. The van der Waals surface area contributed by atoms with Crippen LogP contribution in [0.1, 0.15) is 11.1 Å². The van der Waals surface area contributed by atoms with Crippen molar-refractivity contribution < 1.29 is 19.0 Å². The molecule has 0 unspecified atom stereocenters. The van der Waals surface area contributed by atoms with Gasteiger partial charge in [0, 0.05) is 6.42 Å². The van der Waals surface area contributed by atoms with Gasteiger partial charge in [0.1, 0.15) is 5.75 Å². The summed E-state index contributed by atoms with van der Waals surface area (Å²) in [7, 11) is 1.62. The molecule has 0 radical (unpaired) electrons. The summed E-state index contributed by atoms with van der Waals surface area (Å²) in [6, 6.07) is 13.1. The molecule has 2 aromatic carbocycles. The van der Waals surface area contributed by atoms with E-state index in [2.05, 4.69) is 0 Å². The van der Waals surface area contributed by atoms with Crippen LogP contribution in [0.25, 0.3) is 6.08 Å². The summed E-state index contributed by atoms with van der Waals surface area (Å²) in [5.41, 5.74) is 1.87. The van der Waals surface area contributed by atoms with Crippen LogP contribution in [-0.4, -0.2) is 19.7 Å². The zero-order valence-corrected chi connectivity index (χ0v) is 12.2. The zero-order chi connectivity index (χ0) is 15.4. The molecule has 0 N–H and O–H groups in total. The van der Waals surface area contributed by atoms with Gasteiger partial charge in [-0.2, -0.15) is 0 Å². The number of ketones is 1. The van der Waals surface area contributed by atoms with Gasteiger partial charge in [-0.05, 0) is 41.5 Å². The molecule has 0 fully saturated rings. The number of allylic oxidation sites excluding steroid dienone is 1. The number of fused-ring (bicyclic) bond motifs is 1. The van der Waals surface area contributed by atoms with Crippen LogP contribution in [0.5, 0.6) is 17.2 Å². The summed E-state index contributed by atoms with van der Waals surface area (Å²) >= 11 is 0. The molecule has 4 nitrogen and oxygen atoms in total. The van der Waals surface area contributed by atoms with E-state index in [1.807, 2.05) is 42.5 Å². The molecule has 1 aliphatic heterocycles. The second kappa shape index (κ2) is 6.35. The lowest BCUT2D eigenvalue weighted by Crippen LogP contribution is -1.98. The quantitative estimate of drug-likeness (QED) is 0.795. The largest absolute Gasteiger partial charge is 0.497 e. The Morgan fingerprint density at radius 1 is 1.14 bits per heavy atom. The summed E-state index contributed by atoms with van der Waals surface area (Å²) in [6.45, 7) is 0.240. The van der Waals surface area contributed by atoms with Gasteiger partial charge in [-0.25, -0.2) is 0 Å². The van der Waals surface area contributed by atoms with Crippen molar-refractivity contribution >= 4 is 11.9 Å². The lowest BCUT2D eigenvalue weighted by atomic mass is 10.1. The van der Waals surface area contributed by atoms with Crippen molar-refractivity contribution in [2.75, 3.05) is 13.9 Å². The number of benzene rings is 2. The van der Waals surface area contributed by atoms with Gasteiger partial charge in [0.05, 0.1) is 7.11 Å². The van der Waals surface area contributed by atoms with E-state index >= 15 is 0 Å². The molecule has 0 spiro atoms. The van der Waals surface area contributed by atoms with Gasteiger partial charge < -0.3 is 14.2 Å². The molecule has 3 rings (SSSR count). The molecule has 0 aromatic heterocycles. The van der Waals surface area contributed by atoms with Gasteiger partial charge in [0.15, 0.2) is 17.3 Å². The van der Waals surface area contributed by atoms with Crippen molar-refractivity contribution in [2.24, 2.45) is 0 Å². The van der Waals surface area contributed by atoms with E-state index in [1.165, 1.54) is 0 Å². The maximum absolute atomic E-state index is 12.0. The molecule has 0 atom stereocenters. The van der Waals surface area contributed by atoms with Crippen molar-refractivity contribution in [3.05, 3.63) is 59.7 Å². The van der Waals surface area contributed by atoms with Crippen molar-refractivity contribution in [1.82, 2.24) is 0 Å². The molecule has 0 amide bonds. The van der Waals surface area contributed by atoms with E-state index in [4.69, 9.17) is 14.2 Å². The van der Waals surface area contributed by atoms with Crippen molar-refractivity contribution in [3.8, 4) is 17.2 Å². The normalized spacial score (nSPS) is 12.6. The molecular formula is C18H16O4. The molecule has 0 bridgehead atoms. The highest BCUT2D eigenvalue weighted by Gasteiger charge is 2.13. The molecule has 22 heavy (non-hydrogen) atoms. The first-order valence-corrected chi connectivity index (χ1v) is 6.98. The van der Waals surface area contributed by atoms with E-state index in [0.29, 0.717) is 12.2 Å². The van der Waals surface area contributed by atoms with Crippen molar-refractivity contribution in [3.63, 3.8) is 0 Å². The van der Waals surface area contributed by atoms with Gasteiger partial charge in [-0.15, -0.1) is 0 Å². The Labute approximate surface area is 128 Å². The number of ether oxygens (including phenoxy) is 3. The molecule has 112 valence electrons. The first-order valence-electron chi connectivity index (χ1n) is 6.98. The number of carbonyl (C=O) groups excluding carboxylic acids is 1. The van der Waals surface area contributed by atoms with Crippen LogP contribution in [0.4, 0.5) is 0 Å². The number of hydrogen-bond donors (Lipinski definition) is 0. The minimum atomic E-state index is 0.0367. The van der Waals surface area contributed by atoms with Crippen LogP contribution in [-0.2, 0) is 11.2 Å². The van der Waals surface area contributed by atoms with Crippen LogP contribution in [0.15, 0.2) is 48.5 Å². The van der Waals surface area contributed by atoms with Gasteiger partial charge in [-0.3, -0.25) is 4.79 Å².